The predicted molar refractivity (Wildman–Crippen MR) is 71.7 cm³/mol. The SMILES string of the molecule is CCCN1C(=O)CC(Nc2cnn(C(C)C)c2)C1=O. The number of carbonyl (C=O) groups excluding carboxylic acids is 2. The minimum Gasteiger partial charge on any atom is -0.371 e. The van der Waals surface area contributed by atoms with Crippen molar-refractivity contribution in [3.05, 3.63) is 12.4 Å². The molecule has 1 aliphatic heterocycles. The summed E-state index contributed by atoms with van der Waals surface area (Å²) in [6.45, 7) is 6.52. The number of amides is 2. The smallest absolute Gasteiger partial charge is 0.252 e. The summed E-state index contributed by atoms with van der Waals surface area (Å²) >= 11 is 0. The Morgan fingerprint density at radius 2 is 2.21 bits per heavy atom. The van der Waals surface area contributed by atoms with Crippen molar-refractivity contribution in [3.8, 4) is 0 Å². The molecule has 6 nitrogen and oxygen atoms in total. The van der Waals surface area contributed by atoms with Gasteiger partial charge in [-0.25, -0.2) is 0 Å². The molecule has 1 saturated heterocycles. The number of nitrogens with one attached hydrogen (secondary N) is 1. The number of carbonyl (C=O) groups is 2. The van der Waals surface area contributed by atoms with Gasteiger partial charge in [0, 0.05) is 18.8 Å². The molecule has 6 heteroatoms. The van der Waals surface area contributed by atoms with Crippen LogP contribution in [0.1, 0.15) is 39.7 Å². The molecule has 0 saturated carbocycles. The Hall–Kier alpha value is -1.85. The lowest BCUT2D eigenvalue weighted by atomic mass is 10.2. The fraction of sp³-hybridized carbons (Fsp3) is 0.615. The summed E-state index contributed by atoms with van der Waals surface area (Å²) < 4.78 is 1.81. The van der Waals surface area contributed by atoms with Crippen LogP contribution in [0.2, 0.25) is 0 Å². The van der Waals surface area contributed by atoms with Gasteiger partial charge in [0.2, 0.25) is 5.91 Å². The molecule has 1 N–H and O–H groups in total. The molecule has 0 spiro atoms. The highest BCUT2D eigenvalue weighted by Crippen LogP contribution is 2.19. The summed E-state index contributed by atoms with van der Waals surface area (Å²) in [4.78, 5) is 25.1. The molecule has 104 valence electrons. The summed E-state index contributed by atoms with van der Waals surface area (Å²) in [6, 6.07) is -0.183. The number of nitrogens with zero attached hydrogens (tertiary/aromatic N) is 3. The molecule has 1 aromatic heterocycles. The fourth-order valence-electron chi connectivity index (χ4n) is 2.15. The number of anilines is 1. The molecule has 0 bridgehead atoms. The van der Waals surface area contributed by atoms with Crippen LogP contribution >= 0.6 is 0 Å². The first-order chi connectivity index (χ1) is 9.02. The molecule has 1 fully saturated rings. The zero-order valence-corrected chi connectivity index (χ0v) is 11.6. The van der Waals surface area contributed by atoms with Gasteiger partial charge in [-0.2, -0.15) is 5.10 Å². The molecule has 0 radical (unpaired) electrons. The van der Waals surface area contributed by atoms with Crippen LogP contribution in [0, 0.1) is 0 Å². The van der Waals surface area contributed by atoms with Crippen LogP contribution in [0.5, 0.6) is 0 Å². The molecule has 1 aromatic rings. The lowest BCUT2D eigenvalue weighted by molar-refractivity contribution is -0.138. The summed E-state index contributed by atoms with van der Waals surface area (Å²) in [5.41, 5.74) is 0.776. The first-order valence-electron chi connectivity index (χ1n) is 6.67. The van der Waals surface area contributed by atoms with Gasteiger partial charge in [-0.15, -0.1) is 0 Å². The molecular formula is C13H20N4O2. The maximum absolute atomic E-state index is 12.1. The van der Waals surface area contributed by atoms with Crippen LogP contribution in [-0.4, -0.2) is 39.1 Å². The van der Waals surface area contributed by atoms with Crippen molar-refractivity contribution < 1.29 is 9.59 Å². The Morgan fingerprint density at radius 1 is 1.47 bits per heavy atom. The summed E-state index contributed by atoms with van der Waals surface area (Å²) in [7, 11) is 0. The van der Waals surface area contributed by atoms with Gasteiger partial charge in [0.05, 0.1) is 18.3 Å². The Labute approximate surface area is 112 Å². The van der Waals surface area contributed by atoms with Crippen molar-refractivity contribution in [2.24, 2.45) is 0 Å². The quantitative estimate of drug-likeness (QED) is 0.817. The van der Waals surface area contributed by atoms with Gasteiger partial charge < -0.3 is 5.32 Å². The normalized spacial score (nSPS) is 19.6. The minimum atomic E-state index is -0.455. The van der Waals surface area contributed by atoms with Crippen LogP contribution in [0.4, 0.5) is 5.69 Å². The van der Waals surface area contributed by atoms with Gasteiger partial charge in [0.15, 0.2) is 0 Å². The van der Waals surface area contributed by atoms with Crippen molar-refractivity contribution in [2.45, 2.75) is 45.7 Å². The topological polar surface area (TPSA) is 67.2 Å². The molecule has 19 heavy (non-hydrogen) atoms. The maximum atomic E-state index is 12.1. The number of aromatic nitrogens is 2. The summed E-state index contributed by atoms with van der Waals surface area (Å²) in [6.07, 6.45) is 4.55. The van der Waals surface area contributed by atoms with E-state index >= 15 is 0 Å². The second-order valence-electron chi connectivity index (χ2n) is 5.09. The largest absolute Gasteiger partial charge is 0.371 e. The average molecular weight is 264 g/mol. The van der Waals surface area contributed by atoms with E-state index in [4.69, 9.17) is 0 Å². The zero-order chi connectivity index (χ0) is 14.0. The van der Waals surface area contributed by atoms with Gasteiger partial charge >= 0.3 is 0 Å². The Balaban J connectivity index is 2.03. The van der Waals surface area contributed by atoms with E-state index in [0.29, 0.717) is 6.54 Å². The highest BCUT2D eigenvalue weighted by Gasteiger charge is 2.37. The van der Waals surface area contributed by atoms with Crippen LogP contribution in [0.3, 0.4) is 0 Å². The van der Waals surface area contributed by atoms with Gasteiger partial charge in [0.25, 0.3) is 5.91 Å². The third-order valence-electron chi connectivity index (χ3n) is 3.16. The molecule has 1 atom stereocenters. The number of hydrogen-bond acceptors (Lipinski definition) is 4. The van der Waals surface area contributed by atoms with Gasteiger partial charge in [0.1, 0.15) is 6.04 Å². The highest BCUT2D eigenvalue weighted by atomic mass is 16.2. The fourth-order valence-corrected chi connectivity index (χ4v) is 2.15. The van der Waals surface area contributed by atoms with E-state index in [-0.39, 0.29) is 24.3 Å². The van der Waals surface area contributed by atoms with E-state index in [1.54, 1.807) is 6.20 Å². The average Bonchev–Trinajstić information content (AvgIpc) is 2.91. The first kappa shape index (κ1) is 13.6. The van der Waals surface area contributed by atoms with E-state index in [9.17, 15) is 9.59 Å². The lowest BCUT2D eigenvalue weighted by Crippen LogP contribution is -2.35. The van der Waals surface area contributed by atoms with Crippen LogP contribution in [0.15, 0.2) is 12.4 Å². The van der Waals surface area contributed by atoms with E-state index in [1.807, 2.05) is 31.6 Å². The monoisotopic (exact) mass is 264 g/mol. The molecule has 2 amide bonds. The van der Waals surface area contributed by atoms with Crippen LogP contribution in [0.25, 0.3) is 0 Å². The summed E-state index contributed by atoms with van der Waals surface area (Å²) in [5.74, 6) is -0.232. The van der Waals surface area contributed by atoms with E-state index in [2.05, 4.69) is 10.4 Å². The van der Waals surface area contributed by atoms with Gasteiger partial charge in [-0.3, -0.25) is 19.2 Å². The third-order valence-corrected chi connectivity index (χ3v) is 3.16. The third kappa shape index (κ3) is 2.77. The van der Waals surface area contributed by atoms with Crippen molar-refractivity contribution in [3.63, 3.8) is 0 Å². The molecular weight excluding hydrogens is 244 g/mol. The predicted octanol–water partition coefficient (Wildman–Crippen LogP) is 1.41. The Bertz CT molecular complexity index is 481. The summed E-state index contributed by atoms with van der Waals surface area (Å²) in [5, 5.41) is 7.29. The van der Waals surface area contributed by atoms with E-state index in [1.165, 1.54) is 4.90 Å². The van der Waals surface area contributed by atoms with Crippen molar-refractivity contribution >= 4 is 17.5 Å². The highest BCUT2D eigenvalue weighted by molar-refractivity contribution is 6.06. The molecule has 1 unspecified atom stereocenters. The van der Waals surface area contributed by atoms with Crippen molar-refractivity contribution in [1.82, 2.24) is 14.7 Å². The molecule has 2 heterocycles. The molecule has 1 aliphatic rings. The number of likely N-dealkylation sites (tertiary alicyclic amines) is 1. The van der Waals surface area contributed by atoms with Crippen LogP contribution < -0.4 is 5.32 Å². The number of hydrogen-bond donors (Lipinski definition) is 1. The molecule has 2 rings (SSSR count). The Morgan fingerprint density at radius 3 is 2.79 bits per heavy atom. The van der Waals surface area contributed by atoms with Crippen molar-refractivity contribution in [1.29, 1.82) is 0 Å². The second-order valence-corrected chi connectivity index (χ2v) is 5.09. The van der Waals surface area contributed by atoms with Crippen molar-refractivity contribution in [2.75, 3.05) is 11.9 Å². The molecule has 0 aliphatic carbocycles. The zero-order valence-electron chi connectivity index (χ0n) is 11.6. The maximum Gasteiger partial charge on any atom is 0.252 e. The van der Waals surface area contributed by atoms with Gasteiger partial charge in [-0.1, -0.05) is 6.92 Å². The van der Waals surface area contributed by atoms with E-state index < -0.39 is 6.04 Å². The minimum absolute atomic E-state index is 0.0967. The lowest BCUT2D eigenvalue weighted by Gasteiger charge is -2.14. The number of rotatable bonds is 5. The number of imide groups is 1. The van der Waals surface area contributed by atoms with Crippen LogP contribution in [-0.2, 0) is 9.59 Å². The Kier molecular flexibility index (Phi) is 3.87. The first-order valence-corrected chi connectivity index (χ1v) is 6.67. The standard InChI is InChI=1S/C13H20N4O2/c1-4-5-16-12(18)6-11(13(16)19)15-10-7-14-17(8-10)9(2)3/h7-9,11,15H,4-6H2,1-3H3. The second kappa shape index (κ2) is 5.42. The van der Waals surface area contributed by atoms with Gasteiger partial charge in [-0.05, 0) is 20.3 Å². The van der Waals surface area contributed by atoms with E-state index in [0.717, 1.165) is 12.1 Å². The molecule has 0 aromatic carbocycles.